The molecule has 3 unspecified atom stereocenters. The van der Waals surface area contributed by atoms with E-state index in [-0.39, 0.29) is 35.4 Å². The van der Waals surface area contributed by atoms with Gasteiger partial charge in [0.05, 0.1) is 17.3 Å². The van der Waals surface area contributed by atoms with Crippen molar-refractivity contribution in [1.29, 1.82) is 0 Å². The minimum absolute atomic E-state index is 0.0389. The van der Waals surface area contributed by atoms with E-state index in [4.69, 9.17) is 10.5 Å². The van der Waals surface area contributed by atoms with Gasteiger partial charge < -0.3 is 35.8 Å². The first-order chi connectivity index (χ1) is 20.2. The van der Waals surface area contributed by atoms with Gasteiger partial charge in [0.1, 0.15) is 22.8 Å². The van der Waals surface area contributed by atoms with Gasteiger partial charge in [-0.3, -0.25) is 24.6 Å². The number of phenols is 1. The largest absolute Gasteiger partial charge is 0.510 e. The first-order valence-corrected chi connectivity index (χ1v) is 13.4. The number of likely N-dealkylation sites (N-methyl/N-ethyl adjacent to an activating group) is 1. The Morgan fingerprint density at radius 3 is 2.30 bits per heavy atom. The molecule has 0 aromatic heterocycles. The lowest BCUT2D eigenvalue weighted by Gasteiger charge is -2.50. The van der Waals surface area contributed by atoms with E-state index < -0.39 is 69.9 Å². The fraction of sp³-hybridized carbons (Fsp3) is 0.333. The second kappa shape index (κ2) is 10.4. The number of anilines is 2. The number of fused-ring (bicyclic) bond motifs is 3. The van der Waals surface area contributed by atoms with Crippen LogP contribution in [-0.2, 0) is 16.0 Å². The maximum Gasteiger partial charge on any atom is 0.417 e. The van der Waals surface area contributed by atoms with Crippen molar-refractivity contribution in [2.75, 3.05) is 38.4 Å². The number of para-hydroxylation sites is 1. The lowest BCUT2D eigenvalue weighted by molar-refractivity contribution is -0.148. The van der Waals surface area contributed by atoms with Crippen molar-refractivity contribution in [2.45, 2.75) is 24.5 Å². The van der Waals surface area contributed by atoms with E-state index in [2.05, 4.69) is 5.32 Å². The molecule has 43 heavy (non-hydrogen) atoms. The molecule has 0 heterocycles. The van der Waals surface area contributed by atoms with Gasteiger partial charge in [-0.1, -0.05) is 18.2 Å². The molecule has 0 saturated heterocycles. The van der Waals surface area contributed by atoms with Crippen LogP contribution in [0.1, 0.15) is 22.3 Å². The molecule has 226 valence electrons. The van der Waals surface area contributed by atoms with Crippen LogP contribution in [0.25, 0.3) is 0 Å². The Morgan fingerprint density at radius 1 is 1.07 bits per heavy atom. The van der Waals surface area contributed by atoms with Crippen LogP contribution in [0.15, 0.2) is 59.1 Å². The van der Waals surface area contributed by atoms with Crippen LogP contribution in [-0.4, -0.2) is 88.7 Å². The Kier molecular flexibility index (Phi) is 7.19. The summed E-state index contributed by atoms with van der Waals surface area (Å²) in [6.45, 7) is 0. The van der Waals surface area contributed by atoms with E-state index in [1.807, 2.05) is 0 Å². The number of Topliss-reactive ketones (excluding diaryl/α,β-unsaturated/α-hetero) is 2. The highest BCUT2D eigenvalue weighted by atomic mass is 16.6. The van der Waals surface area contributed by atoms with E-state index in [1.165, 1.54) is 11.0 Å². The van der Waals surface area contributed by atoms with Crippen LogP contribution in [0, 0.1) is 11.8 Å². The minimum atomic E-state index is -2.75. The zero-order valence-corrected chi connectivity index (χ0v) is 23.9. The summed E-state index contributed by atoms with van der Waals surface area (Å²) in [6, 6.07) is 8.60. The second-order valence-corrected chi connectivity index (χ2v) is 11.3. The number of ether oxygens (including phenoxy) is 1. The molecule has 0 bridgehead atoms. The number of nitrogens with zero attached hydrogens (tertiary/aromatic N) is 2. The van der Waals surface area contributed by atoms with Crippen molar-refractivity contribution in [1.82, 2.24) is 4.90 Å². The SMILES string of the molecule is CN(C)c1cc(NC(=O)Oc2ccccc2)c(O)c2c1CC1CC3C(N(C)C)C(O)=C(C(N)=O)C(=O)[C@@]3(O)C(O)=C1C2=O. The average Bonchev–Trinajstić information content (AvgIpc) is 2.92. The van der Waals surface area contributed by atoms with E-state index >= 15 is 0 Å². The topological polar surface area (TPSA) is 203 Å². The number of amides is 2. The van der Waals surface area contributed by atoms with Crippen molar-refractivity contribution in [3.05, 3.63) is 70.2 Å². The molecule has 3 aliphatic rings. The predicted molar refractivity (Wildman–Crippen MR) is 154 cm³/mol. The number of nitrogens with two attached hydrogens (primary N) is 1. The fourth-order valence-electron chi connectivity index (χ4n) is 6.52. The molecular formula is C30H32N4O9. The fourth-order valence-corrected chi connectivity index (χ4v) is 6.52. The smallest absolute Gasteiger partial charge is 0.417 e. The molecule has 0 aliphatic heterocycles. The molecular weight excluding hydrogens is 560 g/mol. The summed E-state index contributed by atoms with van der Waals surface area (Å²) in [5.74, 6) is -7.32. The van der Waals surface area contributed by atoms with Gasteiger partial charge in [-0.2, -0.15) is 0 Å². The normalized spacial score (nSPS) is 24.7. The molecule has 0 saturated carbocycles. The Labute approximate surface area is 246 Å². The van der Waals surface area contributed by atoms with Crippen molar-refractivity contribution in [3.8, 4) is 11.5 Å². The summed E-state index contributed by atoms with van der Waals surface area (Å²) < 4.78 is 5.25. The number of phenolic OH excluding ortho intramolecular Hbond substituents is 1. The van der Waals surface area contributed by atoms with Gasteiger partial charge in [-0.15, -0.1) is 0 Å². The minimum Gasteiger partial charge on any atom is -0.510 e. The number of hydrogen-bond acceptors (Lipinski definition) is 11. The number of allylic oxidation sites excluding steroid dienone is 1. The van der Waals surface area contributed by atoms with Crippen molar-refractivity contribution in [2.24, 2.45) is 17.6 Å². The number of hydrogen-bond donors (Lipinski definition) is 6. The third kappa shape index (κ3) is 4.48. The number of primary amides is 1. The summed E-state index contributed by atoms with van der Waals surface area (Å²) in [5.41, 5.74) is 1.97. The standard InChI is InChI=1S/C30H32N4O9/c1-33(2)18-12-17(32-29(41)43-14-8-6-5-7-9-14)23(35)20-15(18)10-13-11-16-22(34(3)4)25(37)21(28(31)40)27(39)30(16,42)26(38)19(13)24(20)36/h5-9,12-13,16,22,35,37-38,42H,10-11H2,1-4H3,(H2,31,40)(H,32,41)/t13?,16?,22?,30-/m0/s1. The van der Waals surface area contributed by atoms with Crippen LogP contribution < -0.4 is 20.7 Å². The summed E-state index contributed by atoms with van der Waals surface area (Å²) in [6.07, 6.45) is -0.870. The number of benzene rings is 2. The molecule has 2 aromatic rings. The molecule has 5 rings (SSSR count). The predicted octanol–water partition coefficient (Wildman–Crippen LogP) is 1.80. The third-order valence-electron chi connectivity index (χ3n) is 8.37. The first kappa shape index (κ1) is 29.6. The summed E-state index contributed by atoms with van der Waals surface area (Å²) in [4.78, 5) is 55.5. The number of rotatable bonds is 5. The highest BCUT2D eigenvalue weighted by molar-refractivity contribution is 6.25. The van der Waals surface area contributed by atoms with Crippen LogP contribution in [0.4, 0.5) is 16.2 Å². The number of aliphatic hydroxyl groups is 3. The molecule has 7 N–H and O–H groups in total. The van der Waals surface area contributed by atoms with Crippen molar-refractivity contribution >= 4 is 34.9 Å². The molecule has 2 aromatic carbocycles. The van der Waals surface area contributed by atoms with E-state index in [1.54, 1.807) is 63.4 Å². The highest BCUT2D eigenvalue weighted by Crippen LogP contribution is 2.53. The third-order valence-corrected chi connectivity index (χ3v) is 8.37. The zero-order chi connectivity index (χ0) is 31.5. The molecule has 13 heteroatoms. The van der Waals surface area contributed by atoms with Gasteiger partial charge in [0.25, 0.3) is 5.91 Å². The van der Waals surface area contributed by atoms with Crippen LogP contribution in [0.5, 0.6) is 11.5 Å². The molecule has 0 radical (unpaired) electrons. The van der Waals surface area contributed by atoms with Gasteiger partial charge in [-0.05, 0) is 56.6 Å². The Balaban J connectivity index is 1.63. The quantitative estimate of drug-likeness (QED) is 0.218. The van der Waals surface area contributed by atoms with Gasteiger partial charge in [0, 0.05) is 31.3 Å². The lowest BCUT2D eigenvalue weighted by atomic mass is 9.58. The monoisotopic (exact) mass is 592 g/mol. The van der Waals surface area contributed by atoms with Gasteiger partial charge in [0.2, 0.25) is 5.78 Å². The van der Waals surface area contributed by atoms with Crippen molar-refractivity contribution in [3.63, 3.8) is 0 Å². The van der Waals surface area contributed by atoms with E-state index in [0.717, 1.165) is 0 Å². The molecule has 0 fully saturated rings. The lowest BCUT2D eigenvalue weighted by Crippen LogP contribution is -2.63. The van der Waals surface area contributed by atoms with Crippen LogP contribution >= 0.6 is 0 Å². The van der Waals surface area contributed by atoms with Crippen LogP contribution in [0.2, 0.25) is 0 Å². The summed E-state index contributed by atoms with van der Waals surface area (Å²) in [5, 5.41) is 47.9. The molecule has 2 amide bonds. The summed E-state index contributed by atoms with van der Waals surface area (Å²) >= 11 is 0. The van der Waals surface area contributed by atoms with Crippen LogP contribution in [0.3, 0.4) is 0 Å². The van der Waals surface area contributed by atoms with Gasteiger partial charge in [-0.25, -0.2) is 4.79 Å². The number of aromatic hydroxyl groups is 1. The molecule has 0 spiro atoms. The maximum absolute atomic E-state index is 14.1. The van der Waals surface area contributed by atoms with Gasteiger partial charge >= 0.3 is 6.09 Å². The maximum atomic E-state index is 14.1. The van der Waals surface area contributed by atoms with Crippen molar-refractivity contribution < 1.29 is 44.3 Å². The average molecular weight is 593 g/mol. The summed E-state index contributed by atoms with van der Waals surface area (Å²) in [7, 11) is 6.54. The number of ketones is 2. The Bertz CT molecular complexity index is 1630. The molecule has 3 aliphatic carbocycles. The molecule has 4 atom stereocenters. The van der Waals surface area contributed by atoms with E-state index in [9.17, 15) is 39.6 Å². The highest BCUT2D eigenvalue weighted by Gasteiger charge is 2.63. The number of aliphatic hydroxyl groups excluding tert-OH is 2. The van der Waals surface area contributed by atoms with E-state index in [0.29, 0.717) is 11.3 Å². The zero-order valence-electron chi connectivity index (χ0n) is 23.9. The number of nitrogens with one attached hydrogen (secondary N) is 1. The second-order valence-electron chi connectivity index (χ2n) is 11.3. The van der Waals surface area contributed by atoms with Gasteiger partial charge in [0.15, 0.2) is 17.1 Å². The number of carbonyl (C=O) groups excluding carboxylic acids is 4. The Morgan fingerprint density at radius 2 is 1.72 bits per heavy atom. The Hall–Kier alpha value is -4.88. The first-order valence-electron chi connectivity index (χ1n) is 13.4. The molecule has 13 nitrogen and oxygen atoms in total. The number of carbonyl (C=O) groups is 4.